The molecule has 0 aliphatic rings. The standard InChI is InChI=1S/C14H18N2OS/c1-4-10-5-6-12(17-3)11(7-10)14-16-9(2)13(8-15)18-14/h5-7H,4,8,15H2,1-3H3. The average molecular weight is 262 g/mol. The third-order valence-electron chi connectivity index (χ3n) is 2.98. The van der Waals surface area contributed by atoms with E-state index in [0.29, 0.717) is 6.54 Å². The Morgan fingerprint density at radius 2 is 2.17 bits per heavy atom. The van der Waals surface area contributed by atoms with Gasteiger partial charge in [0.1, 0.15) is 10.8 Å². The Hall–Kier alpha value is -1.39. The predicted octanol–water partition coefficient (Wildman–Crippen LogP) is 3.15. The Labute approximate surface area is 112 Å². The summed E-state index contributed by atoms with van der Waals surface area (Å²) < 4.78 is 5.42. The van der Waals surface area contributed by atoms with E-state index in [1.54, 1.807) is 18.4 Å². The second-order valence-electron chi connectivity index (χ2n) is 4.12. The maximum absolute atomic E-state index is 5.71. The highest BCUT2D eigenvalue weighted by Crippen LogP contribution is 2.35. The first-order valence-corrected chi connectivity index (χ1v) is 6.84. The average Bonchev–Trinajstić information content (AvgIpc) is 2.79. The first-order valence-electron chi connectivity index (χ1n) is 6.03. The van der Waals surface area contributed by atoms with Gasteiger partial charge in [-0.3, -0.25) is 0 Å². The fourth-order valence-electron chi connectivity index (χ4n) is 1.87. The van der Waals surface area contributed by atoms with E-state index >= 15 is 0 Å². The van der Waals surface area contributed by atoms with Crippen molar-refractivity contribution in [1.82, 2.24) is 4.98 Å². The van der Waals surface area contributed by atoms with Gasteiger partial charge < -0.3 is 10.5 Å². The van der Waals surface area contributed by atoms with Gasteiger partial charge in [-0.15, -0.1) is 11.3 Å². The van der Waals surface area contributed by atoms with Crippen LogP contribution >= 0.6 is 11.3 Å². The van der Waals surface area contributed by atoms with Crippen LogP contribution in [0.1, 0.15) is 23.1 Å². The van der Waals surface area contributed by atoms with Crippen LogP contribution in [0, 0.1) is 6.92 Å². The molecular formula is C14H18N2OS. The molecule has 2 aromatic rings. The number of hydrogen-bond acceptors (Lipinski definition) is 4. The molecule has 0 aliphatic carbocycles. The zero-order chi connectivity index (χ0) is 13.1. The van der Waals surface area contributed by atoms with Crippen LogP contribution < -0.4 is 10.5 Å². The maximum atomic E-state index is 5.71. The van der Waals surface area contributed by atoms with E-state index in [-0.39, 0.29) is 0 Å². The number of thiazole rings is 1. The van der Waals surface area contributed by atoms with E-state index in [1.807, 2.05) is 13.0 Å². The molecule has 0 bridgehead atoms. The number of benzene rings is 1. The molecule has 96 valence electrons. The van der Waals surface area contributed by atoms with Crippen LogP contribution in [0.3, 0.4) is 0 Å². The maximum Gasteiger partial charge on any atom is 0.129 e. The molecule has 1 aromatic carbocycles. The summed E-state index contributed by atoms with van der Waals surface area (Å²) in [5.41, 5.74) is 9.07. The lowest BCUT2D eigenvalue weighted by molar-refractivity contribution is 0.416. The lowest BCUT2D eigenvalue weighted by Gasteiger charge is -2.07. The second kappa shape index (κ2) is 5.50. The molecule has 2 rings (SSSR count). The zero-order valence-corrected chi connectivity index (χ0v) is 11.8. The lowest BCUT2D eigenvalue weighted by Crippen LogP contribution is -1.94. The van der Waals surface area contributed by atoms with Gasteiger partial charge in [0, 0.05) is 11.4 Å². The highest BCUT2D eigenvalue weighted by atomic mass is 32.1. The van der Waals surface area contributed by atoms with E-state index in [4.69, 9.17) is 10.5 Å². The Kier molecular flexibility index (Phi) is 3.99. The van der Waals surface area contributed by atoms with Gasteiger partial charge in [-0.05, 0) is 31.0 Å². The van der Waals surface area contributed by atoms with E-state index in [9.17, 15) is 0 Å². The van der Waals surface area contributed by atoms with Gasteiger partial charge in [-0.2, -0.15) is 0 Å². The highest BCUT2D eigenvalue weighted by Gasteiger charge is 2.13. The Bertz CT molecular complexity index is 549. The quantitative estimate of drug-likeness (QED) is 0.920. The fourth-order valence-corrected chi connectivity index (χ4v) is 2.84. The molecule has 0 fully saturated rings. The first-order chi connectivity index (χ1) is 8.69. The van der Waals surface area contributed by atoms with Crippen LogP contribution in [-0.2, 0) is 13.0 Å². The van der Waals surface area contributed by atoms with Gasteiger partial charge in [0.25, 0.3) is 0 Å². The number of aromatic nitrogens is 1. The molecule has 18 heavy (non-hydrogen) atoms. The van der Waals surface area contributed by atoms with Crippen molar-refractivity contribution in [2.24, 2.45) is 5.73 Å². The van der Waals surface area contributed by atoms with E-state index in [1.165, 1.54) is 5.56 Å². The molecule has 0 saturated heterocycles. The van der Waals surface area contributed by atoms with Crippen LogP contribution in [0.25, 0.3) is 10.6 Å². The normalized spacial score (nSPS) is 10.7. The van der Waals surface area contributed by atoms with Gasteiger partial charge in [-0.1, -0.05) is 13.0 Å². The molecular weight excluding hydrogens is 244 g/mol. The van der Waals surface area contributed by atoms with Crippen LogP contribution in [0.5, 0.6) is 5.75 Å². The Balaban J connectivity index is 2.53. The topological polar surface area (TPSA) is 48.1 Å². The minimum atomic E-state index is 0.541. The third kappa shape index (κ3) is 2.40. The summed E-state index contributed by atoms with van der Waals surface area (Å²) in [4.78, 5) is 5.73. The summed E-state index contributed by atoms with van der Waals surface area (Å²) in [7, 11) is 1.69. The number of methoxy groups -OCH3 is 1. The van der Waals surface area contributed by atoms with Crippen molar-refractivity contribution in [3.8, 4) is 16.3 Å². The van der Waals surface area contributed by atoms with E-state index < -0.39 is 0 Å². The second-order valence-corrected chi connectivity index (χ2v) is 5.20. The molecule has 0 atom stereocenters. The number of rotatable bonds is 4. The van der Waals surface area contributed by atoms with Crippen molar-refractivity contribution in [2.45, 2.75) is 26.8 Å². The predicted molar refractivity (Wildman–Crippen MR) is 76.1 cm³/mol. The van der Waals surface area contributed by atoms with Crippen molar-refractivity contribution in [3.05, 3.63) is 34.3 Å². The summed E-state index contributed by atoms with van der Waals surface area (Å²) in [6, 6.07) is 6.25. The molecule has 2 N–H and O–H groups in total. The summed E-state index contributed by atoms with van der Waals surface area (Å²) in [6.45, 7) is 4.68. The van der Waals surface area contributed by atoms with Gasteiger partial charge in [0.15, 0.2) is 0 Å². The molecule has 0 unspecified atom stereocenters. The van der Waals surface area contributed by atoms with Crippen molar-refractivity contribution in [3.63, 3.8) is 0 Å². The molecule has 0 saturated carbocycles. The number of ether oxygens (including phenoxy) is 1. The zero-order valence-electron chi connectivity index (χ0n) is 11.0. The molecule has 4 heteroatoms. The Morgan fingerprint density at radius 1 is 1.39 bits per heavy atom. The van der Waals surface area contributed by atoms with Crippen molar-refractivity contribution in [1.29, 1.82) is 0 Å². The van der Waals surface area contributed by atoms with Crippen LogP contribution in [-0.4, -0.2) is 12.1 Å². The summed E-state index contributed by atoms with van der Waals surface area (Å²) in [5.74, 6) is 0.865. The molecule has 1 heterocycles. The van der Waals surface area contributed by atoms with Gasteiger partial charge in [0.05, 0.1) is 18.4 Å². The highest BCUT2D eigenvalue weighted by molar-refractivity contribution is 7.15. The number of nitrogens with zero attached hydrogens (tertiary/aromatic N) is 1. The Morgan fingerprint density at radius 3 is 2.72 bits per heavy atom. The molecule has 0 aliphatic heterocycles. The minimum Gasteiger partial charge on any atom is -0.496 e. The van der Waals surface area contributed by atoms with Crippen LogP contribution in [0.4, 0.5) is 0 Å². The number of aryl methyl sites for hydroxylation is 2. The van der Waals surface area contributed by atoms with Crippen molar-refractivity contribution >= 4 is 11.3 Å². The van der Waals surface area contributed by atoms with E-state index in [2.05, 4.69) is 24.0 Å². The molecule has 0 radical (unpaired) electrons. The van der Waals surface area contributed by atoms with Gasteiger partial charge in [-0.25, -0.2) is 4.98 Å². The number of hydrogen-bond donors (Lipinski definition) is 1. The minimum absolute atomic E-state index is 0.541. The van der Waals surface area contributed by atoms with E-state index in [0.717, 1.165) is 33.3 Å². The monoisotopic (exact) mass is 262 g/mol. The molecule has 3 nitrogen and oxygen atoms in total. The smallest absolute Gasteiger partial charge is 0.129 e. The third-order valence-corrected chi connectivity index (χ3v) is 4.19. The van der Waals surface area contributed by atoms with Crippen molar-refractivity contribution in [2.75, 3.05) is 7.11 Å². The first kappa shape index (κ1) is 13.1. The van der Waals surface area contributed by atoms with Crippen LogP contribution in [0.15, 0.2) is 18.2 Å². The fraction of sp³-hybridized carbons (Fsp3) is 0.357. The number of nitrogens with two attached hydrogens (primary N) is 1. The van der Waals surface area contributed by atoms with Gasteiger partial charge >= 0.3 is 0 Å². The summed E-state index contributed by atoms with van der Waals surface area (Å²) in [5, 5.41) is 0.986. The summed E-state index contributed by atoms with van der Waals surface area (Å²) in [6.07, 6.45) is 1.01. The van der Waals surface area contributed by atoms with Gasteiger partial charge in [0.2, 0.25) is 0 Å². The molecule has 0 amide bonds. The largest absolute Gasteiger partial charge is 0.496 e. The van der Waals surface area contributed by atoms with Crippen molar-refractivity contribution < 1.29 is 4.74 Å². The molecule has 1 aromatic heterocycles. The summed E-state index contributed by atoms with van der Waals surface area (Å²) >= 11 is 1.65. The molecule has 0 spiro atoms. The lowest BCUT2D eigenvalue weighted by atomic mass is 10.1. The van der Waals surface area contributed by atoms with Crippen LogP contribution in [0.2, 0.25) is 0 Å². The SMILES string of the molecule is CCc1ccc(OC)c(-c2nc(C)c(CN)s2)c1.